The van der Waals surface area contributed by atoms with Crippen LogP contribution in [0.15, 0.2) is 24.3 Å². The Morgan fingerprint density at radius 2 is 1.67 bits per heavy atom. The van der Waals surface area contributed by atoms with Crippen LogP contribution in [-0.4, -0.2) is 33.4 Å². The minimum atomic E-state index is 0.300. The highest BCUT2D eigenvalue weighted by Gasteiger charge is 2.14. The van der Waals surface area contributed by atoms with Crippen molar-refractivity contribution in [2.24, 2.45) is 11.8 Å². The highest BCUT2D eigenvalue weighted by Crippen LogP contribution is 2.18. The molecule has 0 aliphatic rings. The standard InChI is InChI=1S/C18H31NO2/c1-14(2)12-19-13-17(10-15(3)20-4)11-16-6-8-18(21-5)9-7-16/h6-9,14-15,17,19H,10-13H2,1-5H3. The average Bonchev–Trinajstić information content (AvgIpc) is 2.47. The van der Waals surface area contributed by atoms with E-state index in [0.717, 1.165) is 31.7 Å². The van der Waals surface area contributed by atoms with Crippen molar-refractivity contribution in [2.45, 2.75) is 39.7 Å². The molecule has 0 bridgehead atoms. The Morgan fingerprint density at radius 3 is 2.19 bits per heavy atom. The smallest absolute Gasteiger partial charge is 0.118 e. The molecule has 0 fully saturated rings. The van der Waals surface area contributed by atoms with Crippen LogP contribution in [0.4, 0.5) is 0 Å². The van der Waals surface area contributed by atoms with Crippen molar-refractivity contribution in [1.82, 2.24) is 5.32 Å². The number of hydrogen-bond acceptors (Lipinski definition) is 3. The molecular weight excluding hydrogens is 262 g/mol. The van der Waals surface area contributed by atoms with Gasteiger partial charge in [-0.15, -0.1) is 0 Å². The van der Waals surface area contributed by atoms with Crippen molar-refractivity contribution in [3.63, 3.8) is 0 Å². The van der Waals surface area contributed by atoms with E-state index >= 15 is 0 Å². The van der Waals surface area contributed by atoms with Crippen LogP contribution in [0.2, 0.25) is 0 Å². The highest BCUT2D eigenvalue weighted by atomic mass is 16.5. The van der Waals surface area contributed by atoms with Crippen LogP contribution in [0.1, 0.15) is 32.8 Å². The van der Waals surface area contributed by atoms with Crippen LogP contribution in [0.3, 0.4) is 0 Å². The van der Waals surface area contributed by atoms with Gasteiger partial charge in [-0.25, -0.2) is 0 Å². The third-order valence-electron chi connectivity index (χ3n) is 3.74. The fourth-order valence-corrected chi connectivity index (χ4v) is 2.48. The molecule has 0 heterocycles. The molecular formula is C18H31NO2. The van der Waals surface area contributed by atoms with E-state index in [1.807, 2.05) is 12.1 Å². The first-order chi connectivity index (χ1) is 10.0. The Morgan fingerprint density at radius 1 is 1.00 bits per heavy atom. The van der Waals surface area contributed by atoms with Gasteiger partial charge in [-0.05, 0) is 62.4 Å². The Labute approximate surface area is 130 Å². The van der Waals surface area contributed by atoms with E-state index in [0.29, 0.717) is 17.9 Å². The molecule has 1 N–H and O–H groups in total. The molecule has 3 heteroatoms. The maximum Gasteiger partial charge on any atom is 0.118 e. The lowest BCUT2D eigenvalue weighted by Gasteiger charge is -2.21. The second-order valence-electron chi connectivity index (χ2n) is 6.25. The molecule has 0 saturated carbocycles. The van der Waals surface area contributed by atoms with E-state index in [2.05, 4.69) is 38.2 Å². The third kappa shape index (κ3) is 7.49. The summed E-state index contributed by atoms with van der Waals surface area (Å²) in [6, 6.07) is 8.39. The van der Waals surface area contributed by atoms with Crippen LogP contribution in [-0.2, 0) is 11.2 Å². The summed E-state index contributed by atoms with van der Waals surface area (Å²) in [6.45, 7) is 8.73. The maximum absolute atomic E-state index is 5.43. The molecule has 0 amide bonds. The first-order valence-electron chi connectivity index (χ1n) is 7.91. The molecule has 1 aromatic rings. The summed E-state index contributed by atoms with van der Waals surface area (Å²) in [4.78, 5) is 0. The summed E-state index contributed by atoms with van der Waals surface area (Å²) >= 11 is 0. The van der Waals surface area contributed by atoms with E-state index in [-0.39, 0.29) is 0 Å². The number of nitrogens with one attached hydrogen (secondary N) is 1. The second kappa shape index (κ2) is 9.80. The summed E-state index contributed by atoms with van der Waals surface area (Å²) in [5.41, 5.74) is 1.36. The Hall–Kier alpha value is -1.06. The molecule has 0 radical (unpaired) electrons. The highest BCUT2D eigenvalue weighted by molar-refractivity contribution is 5.27. The van der Waals surface area contributed by atoms with Gasteiger partial charge in [0.05, 0.1) is 13.2 Å². The fourth-order valence-electron chi connectivity index (χ4n) is 2.48. The average molecular weight is 293 g/mol. The number of rotatable bonds is 10. The Kier molecular flexibility index (Phi) is 8.40. The lowest BCUT2D eigenvalue weighted by molar-refractivity contribution is 0.0945. The van der Waals surface area contributed by atoms with Crippen LogP contribution in [0.25, 0.3) is 0 Å². The molecule has 3 nitrogen and oxygen atoms in total. The third-order valence-corrected chi connectivity index (χ3v) is 3.74. The number of benzene rings is 1. The molecule has 0 saturated heterocycles. The van der Waals surface area contributed by atoms with Crippen molar-refractivity contribution in [1.29, 1.82) is 0 Å². The van der Waals surface area contributed by atoms with E-state index in [9.17, 15) is 0 Å². The maximum atomic E-state index is 5.43. The summed E-state index contributed by atoms with van der Waals surface area (Å²) < 4.78 is 10.6. The number of hydrogen-bond donors (Lipinski definition) is 1. The number of methoxy groups -OCH3 is 2. The monoisotopic (exact) mass is 293 g/mol. The first-order valence-corrected chi connectivity index (χ1v) is 7.91. The Bertz CT molecular complexity index is 375. The lowest BCUT2D eigenvalue weighted by atomic mass is 9.93. The van der Waals surface area contributed by atoms with Crippen LogP contribution in [0.5, 0.6) is 5.75 Å². The van der Waals surface area contributed by atoms with Crippen LogP contribution < -0.4 is 10.1 Å². The molecule has 2 unspecified atom stereocenters. The minimum absolute atomic E-state index is 0.300. The van der Waals surface area contributed by atoms with Crippen molar-refractivity contribution in [3.05, 3.63) is 29.8 Å². The molecule has 0 spiro atoms. The zero-order valence-electron chi connectivity index (χ0n) is 14.2. The zero-order valence-corrected chi connectivity index (χ0v) is 14.2. The van der Waals surface area contributed by atoms with E-state index in [1.165, 1.54) is 5.56 Å². The summed E-state index contributed by atoms with van der Waals surface area (Å²) in [7, 11) is 3.49. The molecule has 1 aromatic carbocycles. The summed E-state index contributed by atoms with van der Waals surface area (Å²) in [5, 5.41) is 3.58. The van der Waals surface area contributed by atoms with Crippen molar-refractivity contribution in [3.8, 4) is 5.75 Å². The van der Waals surface area contributed by atoms with Gasteiger partial charge in [-0.3, -0.25) is 0 Å². The fraction of sp³-hybridized carbons (Fsp3) is 0.667. The van der Waals surface area contributed by atoms with Crippen LogP contribution >= 0.6 is 0 Å². The van der Waals surface area contributed by atoms with Crippen molar-refractivity contribution >= 4 is 0 Å². The van der Waals surface area contributed by atoms with E-state index < -0.39 is 0 Å². The van der Waals surface area contributed by atoms with Gasteiger partial charge in [0.15, 0.2) is 0 Å². The molecule has 2 atom stereocenters. The topological polar surface area (TPSA) is 30.5 Å². The predicted octanol–water partition coefficient (Wildman–Crippen LogP) is 3.52. The van der Waals surface area contributed by atoms with Gasteiger partial charge in [0, 0.05) is 7.11 Å². The minimum Gasteiger partial charge on any atom is -0.497 e. The predicted molar refractivity (Wildman–Crippen MR) is 89.0 cm³/mol. The molecule has 0 aliphatic carbocycles. The van der Waals surface area contributed by atoms with Gasteiger partial charge in [-0.2, -0.15) is 0 Å². The van der Waals surface area contributed by atoms with E-state index in [1.54, 1.807) is 14.2 Å². The summed E-state index contributed by atoms with van der Waals surface area (Å²) in [5.74, 6) is 2.19. The first kappa shape index (κ1) is 18.0. The van der Waals surface area contributed by atoms with Gasteiger partial charge >= 0.3 is 0 Å². The second-order valence-corrected chi connectivity index (χ2v) is 6.25. The van der Waals surface area contributed by atoms with Crippen LogP contribution in [0, 0.1) is 11.8 Å². The van der Waals surface area contributed by atoms with Crippen molar-refractivity contribution in [2.75, 3.05) is 27.3 Å². The van der Waals surface area contributed by atoms with Gasteiger partial charge in [-0.1, -0.05) is 26.0 Å². The van der Waals surface area contributed by atoms with Gasteiger partial charge < -0.3 is 14.8 Å². The van der Waals surface area contributed by atoms with Crippen molar-refractivity contribution < 1.29 is 9.47 Å². The quantitative estimate of drug-likeness (QED) is 0.716. The molecule has 120 valence electrons. The van der Waals surface area contributed by atoms with Gasteiger partial charge in [0.25, 0.3) is 0 Å². The van der Waals surface area contributed by atoms with Gasteiger partial charge in [0.1, 0.15) is 5.75 Å². The molecule has 0 aliphatic heterocycles. The molecule has 0 aromatic heterocycles. The number of ether oxygens (including phenoxy) is 2. The summed E-state index contributed by atoms with van der Waals surface area (Å²) in [6.07, 6.45) is 2.45. The molecule has 21 heavy (non-hydrogen) atoms. The zero-order chi connectivity index (χ0) is 15.7. The van der Waals surface area contributed by atoms with E-state index in [4.69, 9.17) is 9.47 Å². The largest absolute Gasteiger partial charge is 0.497 e. The Balaban J connectivity index is 2.56. The molecule has 1 rings (SSSR count). The lowest BCUT2D eigenvalue weighted by Crippen LogP contribution is -2.29. The van der Waals surface area contributed by atoms with Gasteiger partial charge in [0.2, 0.25) is 0 Å². The normalized spacial score (nSPS) is 14.2. The SMILES string of the molecule is COc1ccc(CC(CNCC(C)C)CC(C)OC)cc1.